The molecule has 1 aromatic heterocycles. The molecule has 0 spiro atoms. The third kappa shape index (κ3) is 5.61. The van der Waals surface area contributed by atoms with Gasteiger partial charge in [-0.3, -0.25) is 9.59 Å². The van der Waals surface area contributed by atoms with E-state index in [0.717, 1.165) is 5.56 Å². The van der Waals surface area contributed by atoms with Crippen LogP contribution in [0.25, 0.3) is 11.4 Å². The lowest BCUT2D eigenvalue weighted by atomic mass is 10.2. The normalized spacial score (nSPS) is 11.6. The standard InChI is InChI=1S/C22H25ClN6O3/c1-4-19(29-26-21(25-27-29)15-9-11-16(23)12-10-15)22(31)28(5-2)14-20(30)24-17-7-6-8-18(13-17)32-3/h6-13,19H,4-5,14H2,1-3H3,(H,24,30). The van der Waals surface area contributed by atoms with Crippen molar-refractivity contribution in [2.24, 2.45) is 0 Å². The molecular formula is C22H25ClN6O3. The second-order valence-electron chi connectivity index (χ2n) is 7.00. The number of tetrazole rings is 1. The molecule has 0 saturated carbocycles. The van der Waals surface area contributed by atoms with E-state index in [1.54, 1.807) is 55.6 Å². The van der Waals surface area contributed by atoms with Gasteiger partial charge in [-0.2, -0.15) is 4.80 Å². The van der Waals surface area contributed by atoms with Crippen LogP contribution in [0.2, 0.25) is 5.02 Å². The van der Waals surface area contributed by atoms with Crippen molar-refractivity contribution in [1.82, 2.24) is 25.1 Å². The summed E-state index contributed by atoms with van der Waals surface area (Å²) >= 11 is 5.93. The first-order valence-corrected chi connectivity index (χ1v) is 10.6. The molecule has 2 aromatic carbocycles. The number of hydrogen-bond donors (Lipinski definition) is 1. The van der Waals surface area contributed by atoms with E-state index in [-0.39, 0.29) is 18.4 Å². The van der Waals surface area contributed by atoms with Gasteiger partial charge in [0.1, 0.15) is 5.75 Å². The number of nitrogens with one attached hydrogen (secondary N) is 1. The van der Waals surface area contributed by atoms with E-state index in [1.165, 1.54) is 9.70 Å². The zero-order chi connectivity index (χ0) is 23.1. The Hall–Kier alpha value is -3.46. The highest BCUT2D eigenvalue weighted by Crippen LogP contribution is 2.20. The lowest BCUT2D eigenvalue weighted by Gasteiger charge is -2.24. The summed E-state index contributed by atoms with van der Waals surface area (Å²) in [6, 6.07) is 13.4. The number of benzene rings is 2. The number of ether oxygens (including phenoxy) is 1. The van der Waals surface area contributed by atoms with Gasteiger partial charge in [-0.15, -0.1) is 10.2 Å². The number of carbonyl (C=O) groups excluding carboxylic acids is 2. The zero-order valence-electron chi connectivity index (χ0n) is 18.2. The van der Waals surface area contributed by atoms with E-state index in [1.807, 2.05) is 13.8 Å². The van der Waals surface area contributed by atoms with Crippen LogP contribution in [-0.2, 0) is 9.59 Å². The Morgan fingerprint density at radius 1 is 1.19 bits per heavy atom. The first kappa shape index (κ1) is 23.2. The minimum Gasteiger partial charge on any atom is -0.497 e. The lowest BCUT2D eigenvalue weighted by Crippen LogP contribution is -2.42. The summed E-state index contributed by atoms with van der Waals surface area (Å²) in [4.78, 5) is 28.5. The Balaban J connectivity index is 1.70. The lowest BCUT2D eigenvalue weighted by molar-refractivity contribution is -0.138. The van der Waals surface area contributed by atoms with Gasteiger partial charge in [0.15, 0.2) is 6.04 Å². The average molecular weight is 457 g/mol. The van der Waals surface area contributed by atoms with Crippen LogP contribution in [-0.4, -0.2) is 57.1 Å². The number of amides is 2. The van der Waals surface area contributed by atoms with Crippen molar-refractivity contribution in [2.75, 3.05) is 25.5 Å². The Bertz CT molecular complexity index is 1070. The maximum absolute atomic E-state index is 13.2. The maximum atomic E-state index is 13.2. The van der Waals surface area contributed by atoms with Crippen LogP contribution in [0, 0.1) is 0 Å². The summed E-state index contributed by atoms with van der Waals surface area (Å²) in [6.07, 6.45) is 0.448. The molecule has 0 aliphatic carbocycles. The molecule has 168 valence electrons. The van der Waals surface area contributed by atoms with Gasteiger partial charge in [0.05, 0.1) is 13.7 Å². The molecule has 0 aliphatic rings. The molecule has 32 heavy (non-hydrogen) atoms. The third-order valence-electron chi connectivity index (χ3n) is 4.86. The van der Waals surface area contributed by atoms with Gasteiger partial charge in [0, 0.05) is 28.9 Å². The molecule has 1 unspecified atom stereocenters. The fourth-order valence-electron chi connectivity index (χ4n) is 3.14. The molecule has 10 heteroatoms. The van der Waals surface area contributed by atoms with Gasteiger partial charge < -0.3 is 15.0 Å². The van der Waals surface area contributed by atoms with Crippen LogP contribution >= 0.6 is 11.6 Å². The quantitative estimate of drug-likeness (QED) is 0.529. The minimum absolute atomic E-state index is 0.0955. The number of aromatic nitrogens is 4. The van der Waals surface area contributed by atoms with E-state index in [2.05, 4.69) is 20.7 Å². The van der Waals surface area contributed by atoms with Crippen molar-refractivity contribution in [2.45, 2.75) is 26.3 Å². The van der Waals surface area contributed by atoms with Gasteiger partial charge in [-0.25, -0.2) is 0 Å². The number of methoxy groups -OCH3 is 1. The van der Waals surface area contributed by atoms with Crippen LogP contribution in [0.3, 0.4) is 0 Å². The summed E-state index contributed by atoms with van der Waals surface area (Å²) in [5.74, 6) is 0.463. The SMILES string of the molecule is CCC(C(=O)N(CC)CC(=O)Nc1cccc(OC)c1)n1nnc(-c2ccc(Cl)cc2)n1. The van der Waals surface area contributed by atoms with Crippen molar-refractivity contribution in [3.63, 3.8) is 0 Å². The van der Waals surface area contributed by atoms with Gasteiger partial charge >= 0.3 is 0 Å². The molecule has 1 N–H and O–H groups in total. The molecule has 3 aromatic rings. The van der Waals surface area contributed by atoms with E-state index in [0.29, 0.717) is 35.2 Å². The van der Waals surface area contributed by atoms with E-state index < -0.39 is 6.04 Å². The highest BCUT2D eigenvalue weighted by Gasteiger charge is 2.27. The zero-order valence-corrected chi connectivity index (χ0v) is 18.9. The average Bonchev–Trinajstić information content (AvgIpc) is 3.28. The molecule has 1 heterocycles. The largest absolute Gasteiger partial charge is 0.497 e. The summed E-state index contributed by atoms with van der Waals surface area (Å²) < 4.78 is 5.17. The number of anilines is 1. The molecule has 3 rings (SSSR count). The summed E-state index contributed by atoms with van der Waals surface area (Å²) in [5, 5.41) is 15.9. The van der Waals surface area contributed by atoms with Crippen molar-refractivity contribution in [3.05, 3.63) is 53.6 Å². The fraction of sp³-hybridized carbons (Fsp3) is 0.318. The topological polar surface area (TPSA) is 102 Å². The molecule has 2 amide bonds. The summed E-state index contributed by atoms with van der Waals surface area (Å²) in [6.45, 7) is 3.94. The molecule has 0 fully saturated rings. The van der Waals surface area contributed by atoms with E-state index in [9.17, 15) is 9.59 Å². The molecule has 0 radical (unpaired) electrons. The molecule has 1 atom stereocenters. The second-order valence-corrected chi connectivity index (χ2v) is 7.43. The third-order valence-corrected chi connectivity index (χ3v) is 5.11. The first-order valence-electron chi connectivity index (χ1n) is 10.2. The fourth-order valence-corrected chi connectivity index (χ4v) is 3.27. The Labute approximate surface area is 191 Å². The Morgan fingerprint density at radius 3 is 2.59 bits per heavy atom. The van der Waals surface area contributed by atoms with Crippen LogP contribution in [0.4, 0.5) is 5.69 Å². The van der Waals surface area contributed by atoms with Crippen LogP contribution in [0.15, 0.2) is 48.5 Å². The van der Waals surface area contributed by atoms with Gasteiger partial charge in [-0.05, 0) is 55.0 Å². The predicted octanol–water partition coefficient (Wildman–Crippen LogP) is 3.44. The summed E-state index contributed by atoms with van der Waals surface area (Å²) in [5.41, 5.74) is 1.34. The Kier molecular flexibility index (Phi) is 7.77. The molecular weight excluding hydrogens is 432 g/mol. The summed E-state index contributed by atoms with van der Waals surface area (Å²) in [7, 11) is 1.56. The number of nitrogens with zero attached hydrogens (tertiary/aromatic N) is 5. The van der Waals surface area contributed by atoms with Gasteiger partial charge in [0.2, 0.25) is 17.6 Å². The van der Waals surface area contributed by atoms with Crippen molar-refractivity contribution < 1.29 is 14.3 Å². The second kappa shape index (κ2) is 10.7. The van der Waals surface area contributed by atoms with Crippen molar-refractivity contribution >= 4 is 29.1 Å². The predicted molar refractivity (Wildman–Crippen MR) is 121 cm³/mol. The van der Waals surface area contributed by atoms with Crippen molar-refractivity contribution in [3.8, 4) is 17.1 Å². The van der Waals surface area contributed by atoms with Gasteiger partial charge in [-0.1, -0.05) is 24.6 Å². The first-order chi connectivity index (χ1) is 15.4. The molecule has 9 nitrogen and oxygen atoms in total. The minimum atomic E-state index is -0.673. The monoisotopic (exact) mass is 456 g/mol. The number of carbonyl (C=O) groups is 2. The van der Waals surface area contributed by atoms with Crippen molar-refractivity contribution in [1.29, 1.82) is 0 Å². The van der Waals surface area contributed by atoms with Crippen LogP contribution < -0.4 is 10.1 Å². The number of likely N-dealkylation sites (N-methyl/N-ethyl adjacent to an activating group) is 1. The number of hydrogen-bond acceptors (Lipinski definition) is 6. The molecule has 0 bridgehead atoms. The Morgan fingerprint density at radius 2 is 1.94 bits per heavy atom. The van der Waals surface area contributed by atoms with E-state index >= 15 is 0 Å². The highest BCUT2D eigenvalue weighted by atomic mass is 35.5. The van der Waals surface area contributed by atoms with Crippen LogP contribution in [0.1, 0.15) is 26.3 Å². The smallest absolute Gasteiger partial charge is 0.249 e. The number of halogens is 1. The number of rotatable bonds is 9. The molecule has 0 aliphatic heterocycles. The van der Waals surface area contributed by atoms with Gasteiger partial charge in [0.25, 0.3) is 0 Å². The molecule has 0 saturated heterocycles. The maximum Gasteiger partial charge on any atom is 0.249 e. The highest BCUT2D eigenvalue weighted by molar-refractivity contribution is 6.30. The van der Waals surface area contributed by atoms with Crippen LogP contribution in [0.5, 0.6) is 5.75 Å². The van der Waals surface area contributed by atoms with E-state index in [4.69, 9.17) is 16.3 Å².